The van der Waals surface area contributed by atoms with E-state index in [4.69, 9.17) is 10.5 Å². The normalized spacial score (nSPS) is 13.3. The Morgan fingerprint density at radius 1 is 1.47 bits per heavy atom. The van der Waals surface area contributed by atoms with Crippen LogP contribution in [0.2, 0.25) is 0 Å². The molecule has 2 nitrogen and oxygen atoms in total. The summed E-state index contributed by atoms with van der Waals surface area (Å²) in [5, 5.41) is 17.9. The van der Waals surface area contributed by atoms with Gasteiger partial charge in [-0.15, -0.1) is 6.58 Å². The van der Waals surface area contributed by atoms with Crippen LogP contribution in [0.5, 0.6) is 0 Å². The molecule has 1 unspecified atom stereocenters. The Hall–Kier alpha value is -2.06. The molecule has 0 radical (unpaired) electrons. The third-order valence-electron chi connectivity index (χ3n) is 2.43. The van der Waals surface area contributed by atoms with Crippen molar-refractivity contribution in [2.75, 3.05) is 0 Å². The molecule has 0 bridgehead atoms. The standard InChI is InChI=1S/C13H12N2/c1-3-7-13(2,10-15)12-6-4-5-11(8-12)9-14/h3-6,8H,1,7H2,2H3. The highest BCUT2D eigenvalue weighted by Gasteiger charge is 2.24. The molecular weight excluding hydrogens is 184 g/mol. The predicted octanol–water partition coefficient (Wildman–Crippen LogP) is 2.92. The summed E-state index contributed by atoms with van der Waals surface area (Å²) in [5.41, 5.74) is 0.858. The maximum absolute atomic E-state index is 9.15. The molecule has 0 N–H and O–H groups in total. The molecule has 0 amide bonds. The lowest BCUT2D eigenvalue weighted by Gasteiger charge is -2.20. The summed E-state index contributed by atoms with van der Waals surface area (Å²) in [5.74, 6) is 0. The van der Waals surface area contributed by atoms with Crippen molar-refractivity contribution in [2.45, 2.75) is 18.8 Å². The van der Waals surface area contributed by atoms with E-state index in [1.54, 1.807) is 24.3 Å². The summed E-state index contributed by atoms with van der Waals surface area (Å²) < 4.78 is 0. The van der Waals surface area contributed by atoms with Gasteiger partial charge in [0.1, 0.15) is 0 Å². The Labute approximate surface area is 90.1 Å². The van der Waals surface area contributed by atoms with Gasteiger partial charge in [0.2, 0.25) is 0 Å². The van der Waals surface area contributed by atoms with Crippen molar-refractivity contribution in [2.24, 2.45) is 0 Å². The molecule has 74 valence electrons. The summed E-state index contributed by atoms with van der Waals surface area (Å²) in [6.07, 6.45) is 2.31. The topological polar surface area (TPSA) is 47.6 Å². The van der Waals surface area contributed by atoms with Crippen molar-refractivity contribution in [1.82, 2.24) is 0 Å². The Morgan fingerprint density at radius 3 is 2.73 bits per heavy atom. The molecule has 0 saturated carbocycles. The van der Waals surface area contributed by atoms with Gasteiger partial charge in [0.25, 0.3) is 0 Å². The van der Waals surface area contributed by atoms with Crippen LogP contribution in [0.15, 0.2) is 36.9 Å². The molecule has 15 heavy (non-hydrogen) atoms. The van der Waals surface area contributed by atoms with Gasteiger partial charge in [-0.3, -0.25) is 0 Å². The molecule has 2 heteroatoms. The van der Waals surface area contributed by atoms with Gasteiger partial charge in [-0.1, -0.05) is 18.2 Å². The quantitative estimate of drug-likeness (QED) is 0.698. The van der Waals surface area contributed by atoms with Gasteiger partial charge in [-0.2, -0.15) is 10.5 Å². The summed E-state index contributed by atoms with van der Waals surface area (Å²) in [7, 11) is 0. The van der Waals surface area contributed by atoms with Crippen molar-refractivity contribution in [3.63, 3.8) is 0 Å². The second-order valence-electron chi connectivity index (χ2n) is 3.63. The Bertz CT molecular complexity index is 448. The van der Waals surface area contributed by atoms with E-state index < -0.39 is 5.41 Å². The largest absolute Gasteiger partial charge is 0.197 e. The number of allylic oxidation sites excluding steroid dienone is 1. The van der Waals surface area contributed by atoms with Crippen LogP contribution in [0.25, 0.3) is 0 Å². The second kappa shape index (κ2) is 4.44. The third kappa shape index (κ3) is 2.24. The molecule has 0 fully saturated rings. The van der Waals surface area contributed by atoms with Crippen LogP contribution in [-0.2, 0) is 5.41 Å². The average molecular weight is 196 g/mol. The molecule has 1 aromatic rings. The minimum absolute atomic E-state index is 0.582. The number of hydrogen-bond acceptors (Lipinski definition) is 2. The van der Waals surface area contributed by atoms with Gasteiger partial charge in [0, 0.05) is 0 Å². The number of benzene rings is 1. The van der Waals surface area contributed by atoms with Crippen molar-refractivity contribution in [1.29, 1.82) is 10.5 Å². The van der Waals surface area contributed by atoms with Crippen LogP contribution >= 0.6 is 0 Å². The summed E-state index contributed by atoms with van der Waals surface area (Å²) in [6, 6.07) is 11.5. The molecule has 1 aromatic carbocycles. The van der Waals surface area contributed by atoms with Crippen LogP contribution in [-0.4, -0.2) is 0 Å². The van der Waals surface area contributed by atoms with E-state index in [1.807, 2.05) is 13.0 Å². The van der Waals surface area contributed by atoms with Crippen LogP contribution in [0.1, 0.15) is 24.5 Å². The molecule has 0 spiro atoms. The van der Waals surface area contributed by atoms with Crippen LogP contribution in [0, 0.1) is 22.7 Å². The fourth-order valence-electron chi connectivity index (χ4n) is 1.45. The number of nitrogens with zero attached hydrogens (tertiary/aromatic N) is 2. The SMILES string of the molecule is C=CCC(C)(C#N)c1cccc(C#N)c1. The maximum Gasteiger partial charge on any atom is 0.0991 e. The van der Waals surface area contributed by atoms with Gasteiger partial charge < -0.3 is 0 Å². The monoisotopic (exact) mass is 196 g/mol. The lowest BCUT2D eigenvalue weighted by molar-refractivity contribution is 0.621. The zero-order chi connectivity index (χ0) is 11.3. The fraction of sp³-hybridized carbons (Fsp3) is 0.231. The lowest BCUT2D eigenvalue weighted by atomic mass is 9.80. The van der Waals surface area contributed by atoms with E-state index in [-0.39, 0.29) is 0 Å². The molecular formula is C13H12N2. The van der Waals surface area contributed by atoms with Crippen LogP contribution in [0.3, 0.4) is 0 Å². The Balaban J connectivity index is 3.20. The van der Waals surface area contributed by atoms with Crippen LogP contribution < -0.4 is 0 Å². The number of hydrogen-bond donors (Lipinski definition) is 0. The number of rotatable bonds is 3. The minimum atomic E-state index is -0.589. The highest BCUT2D eigenvalue weighted by molar-refractivity contribution is 5.39. The van der Waals surface area contributed by atoms with E-state index in [0.717, 1.165) is 5.56 Å². The first-order valence-corrected chi connectivity index (χ1v) is 4.69. The van der Waals surface area contributed by atoms with Gasteiger partial charge >= 0.3 is 0 Å². The lowest BCUT2D eigenvalue weighted by Crippen LogP contribution is -2.18. The Morgan fingerprint density at radius 2 is 2.20 bits per heavy atom. The first kappa shape index (κ1) is 11.0. The Kier molecular flexibility index (Phi) is 3.26. The molecule has 0 aromatic heterocycles. The molecule has 0 aliphatic rings. The summed E-state index contributed by atoms with van der Waals surface area (Å²) in [6.45, 7) is 5.50. The predicted molar refractivity (Wildman–Crippen MR) is 58.9 cm³/mol. The van der Waals surface area contributed by atoms with E-state index in [0.29, 0.717) is 12.0 Å². The maximum atomic E-state index is 9.15. The van der Waals surface area contributed by atoms with E-state index in [9.17, 15) is 0 Å². The van der Waals surface area contributed by atoms with Crippen molar-refractivity contribution >= 4 is 0 Å². The van der Waals surface area contributed by atoms with E-state index >= 15 is 0 Å². The van der Waals surface area contributed by atoms with Crippen molar-refractivity contribution in [3.05, 3.63) is 48.0 Å². The van der Waals surface area contributed by atoms with Gasteiger partial charge in [-0.05, 0) is 31.0 Å². The highest BCUT2D eigenvalue weighted by atomic mass is 14.4. The van der Waals surface area contributed by atoms with Crippen molar-refractivity contribution < 1.29 is 0 Å². The smallest absolute Gasteiger partial charge is 0.0991 e. The molecule has 0 aliphatic heterocycles. The summed E-state index contributed by atoms with van der Waals surface area (Å²) >= 11 is 0. The first-order valence-electron chi connectivity index (χ1n) is 4.69. The molecule has 0 aliphatic carbocycles. The van der Waals surface area contributed by atoms with Crippen molar-refractivity contribution in [3.8, 4) is 12.1 Å². The van der Waals surface area contributed by atoms with Crippen LogP contribution in [0.4, 0.5) is 0 Å². The summed E-state index contributed by atoms with van der Waals surface area (Å²) in [4.78, 5) is 0. The zero-order valence-corrected chi connectivity index (χ0v) is 8.70. The van der Waals surface area contributed by atoms with E-state index in [2.05, 4.69) is 18.7 Å². The third-order valence-corrected chi connectivity index (χ3v) is 2.43. The van der Waals surface area contributed by atoms with Gasteiger partial charge in [-0.25, -0.2) is 0 Å². The number of nitriles is 2. The average Bonchev–Trinajstić information content (AvgIpc) is 2.29. The fourth-order valence-corrected chi connectivity index (χ4v) is 1.45. The van der Waals surface area contributed by atoms with E-state index in [1.165, 1.54) is 0 Å². The minimum Gasteiger partial charge on any atom is -0.197 e. The highest BCUT2D eigenvalue weighted by Crippen LogP contribution is 2.27. The molecule has 0 heterocycles. The van der Waals surface area contributed by atoms with Gasteiger partial charge in [0.05, 0.1) is 23.1 Å². The molecule has 1 rings (SSSR count). The zero-order valence-electron chi connectivity index (χ0n) is 8.70. The van der Waals surface area contributed by atoms with Gasteiger partial charge in [0.15, 0.2) is 0 Å². The second-order valence-corrected chi connectivity index (χ2v) is 3.63. The first-order chi connectivity index (χ1) is 7.16. The molecule has 0 saturated heterocycles. The molecule has 1 atom stereocenters.